The van der Waals surface area contributed by atoms with Gasteiger partial charge in [-0.1, -0.05) is 11.6 Å². The van der Waals surface area contributed by atoms with Crippen LogP contribution < -0.4 is 9.47 Å². The smallest absolute Gasteiger partial charge is 0.328 e. The molecule has 18 heavy (non-hydrogen) atoms. The van der Waals surface area contributed by atoms with Crippen molar-refractivity contribution in [2.75, 3.05) is 13.7 Å². The van der Waals surface area contributed by atoms with Crippen molar-refractivity contribution in [2.45, 2.75) is 0 Å². The lowest BCUT2D eigenvalue weighted by atomic mass is 10.1. The molecule has 0 aliphatic rings. The maximum atomic E-state index is 10.5. The Hall–Kier alpha value is -2.19. The van der Waals surface area contributed by atoms with Gasteiger partial charge in [-0.25, -0.2) is 4.79 Å². The highest BCUT2D eigenvalue weighted by Crippen LogP contribution is 2.35. The van der Waals surface area contributed by atoms with E-state index >= 15 is 0 Å². The summed E-state index contributed by atoms with van der Waals surface area (Å²) in [6.07, 6.45) is 2.27. The van der Waals surface area contributed by atoms with E-state index in [0.717, 1.165) is 6.08 Å². The van der Waals surface area contributed by atoms with Crippen molar-refractivity contribution < 1.29 is 19.4 Å². The second-order valence-electron chi connectivity index (χ2n) is 3.14. The number of hydrogen-bond acceptors (Lipinski definition) is 4. The molecule has 0 aliphatic carbocycles. The van der Waals surface area contributed by atoms with Gasteiger partial charge in [-0.3, -0.25) is 0 Å². The summed E-state index contributed by atoms with van der Waals surface area (Å²) in [6.45, 7) is -0.175. The van der Waals surface area contributed by atoms with Crippen molar-refractivity contribution in [3.8, 4) is 17.6 Å². The highest BCUT2D eigenvalue weighted by Gasteiger charge is 2.11. The third-order valence-corrected chi connectivity index (χ3v) is 2.17. The van der Waals surface area contributed by atoms with Gasteiger partial charge in [-0.05, 0) is 12.1 Å². The van der Waals surface area contributed by atoms with Gasteiger partial charge in [-0.2, -0.15) is 5.26 Å². The van der Waals surface area contributed by atoms with Gasteiger partial charge < -0.3 is 14.6 Å². The van der Waals surface area contributed by atoms with Crippen LogP contribution in [-0.2, 0) is 4.79 Å². The van der Waals surface area contributed by atoms with Crippen molar-refractivity contribution in [2.24, 2.45) is 0 Å². The van der Waals surface area contributed by atoms with E-state index in [4.69, 9.17) is 31.4 Å². The molecule has 0 radical (unpaired) electrons. The minimum Gasteiger partial charge on any atom is -0.493 e. The summed E-state index contributed by atoms with van der Waals surface area (Å²) >= 11 is 5.87. The van der Waals surface area contributed by atoms with Gasteiger partial charge in [0.2, 0.25) is 0 Å². The minimum absolute atomic E-state index is 0.175. The van der Waals surface area contributed by atoms with Gasteiger partial charge in [0.05, 0.1) is 7.11 Å². The molecule has 0 atom stereocenters. The van der Waals surface area contributed by atoms with Gasteiger partial charge in [0.15, 0.2) is 18.1 Å². The first kappa shape index (κ1) is 13.9. The molecular formula is C12H10ClNO4. The van der Waals surface area contributed by atoms with Crippen LogP contribution in [0.5, 0.6) is 11.5 Å². The number of methoxy groups -OCH3 is 1. The topological polar surface area (TPSA) is 79.6 Å². The van der Waals surface area contributed by atoms with Crippen LogP contribution in [0.1, 0.15) is 5.56 Å². The Morgan fingerprint density at radius 1 is 1.61 bits per heavy atom. The van der Waals surface area contributed by atoms with Crippen LogP contribution in [0.3, 0.4) is 0 Å². The quantitative estimate of drug-likeness (QED) is 0.829. The number of rotatable bonds is 5. The van der Waals surface area contributed by atoms with E-state index in [1.165, 1.54) is 25.3 Å². The average Bonchev–Trinajstić information content (AvgIpc) is 2.34. The summed E-state index contributed by atoms with van der Waals surface area (Å²) in [7, 11) is 1.43. The molecule has 0 unspecified atom stereocenters. The molecule has 6 heteroatoms. The van der Waals surface area contributed by atoms with Gasteiger partial charge in [0.1, 0.15) is 6.07 Å². The molecule has 0 amide bonds. The van der Waals surface area contributed by atoms with Crippen LogP contribution in [0, 0.1) is 11.3 Å². The molecule has 0 saturated carbocycles. The first-order valence-electron chi connectivity index (χ1n) is 4.86. The van der Waals surface area contributed by atoms with Crippen molar-refractivity contribution >= 4 is 23.6 Å². The van der Waals surface area contributed by atoms with Crippen LogP contribution >= 0.6 is 11.6 Å². The number of benzene rings is 1. The van der Waals surface area contributed by atoms with Crippen LogP contribution in [0.4, 0.5) is 0 Å². The lowest BCUT2D eigenvalue weighted by molar-refractivity contribution is -0.131. The number of aliphatic carboxylic acids is 1. The lowest BCUT2D eigenvalue weighted by Gasteiger charge is -2.11. The molecule has 1 N–H and O–H groups in total. The second-order valence-corrected chi connectivity index (χ2v) is 3.58. The number of carboxylic acid groups (broad SMARTS) is 1. The van der Waals surface area contributed by atoms with Crippen molar-refractivity contribution in [3.05, 3.63) is 28.8 Å². The second kappa shape index (κ2) is 6.52. The summed E-state index contributed by atoms with van der Waals surface area (Å²) in [6, 6.07) is 4.87. The average molecular weight is 268 g/mol. The number of carbonyl (C=O) groups is 1. The predicted octanol–water partition coefficient (Wildman–Crippen LogP) is 2.35. The monoisotopic (exact) mass is 267 g/mol. The summed E-state index contributed by atoms with van der Waals surface area (Å²) in [5, 5.41) is 17.5. The first-order valence-corrected chi connectivity index (χ1v) is 5.24. The lowest BCUT2D eigenvalue weighted by Crippen LogP contribution is -1.99. The molecule has 0 aromatic heterocycles. The zero-order valence-electron chi connectivity index (χ0n) is 9.51. The highest BCUT2D eigenvalue weighted by atomic mass is 35.5. The zero-order valence-corrected chi connectivity index (χ0v) is 10.3. The fourth-order valence-electron chi connectivity index (χ4n) is 1.28. The van der Waals surface area contributed by atoms with Crippen LogP contribution in [0.25, 0.3) is 6.08 Å². The largest absolute Gasteiger partial charge is 0.493 e. The highest BCUT2D eigenvalue weighted by molar-refractivity contribution is 6.31. The molecule has 1 aromatic rings. The third kappa shape index (κ3) is 3.68. The third-order valence-electron chi connectivity index (χ3n) is 1.95. The molecule has 0 fully saturated rings. The number of nitriles is 1. The van der Waals surface area contributed by atoms with E-state index in [-0.39, 0.29) is 12.4 Å². The van der Waals surface area contributed by atoms with E-state index in [1.807, 2.05) is 6.07 Å². The minimum atomic E-state index is -1.10. The van der Waals surface area contributed by atoms with E-state index in [9.17, 15) is 4.79 Å². The van der Waals surface area contributed by atoms with Crippen molar-refractivity contribution in [1.29, 1.82) is 5.26 Å². The Morgan fingerprint density at radius 3 is 2.89 bits per heavy atom. The summed E-state index contributed by atoms with van der Waals surface area (Å²) in [5.41, 5.74) is 0.428. The molecule has 1 aromatic carbocycles. The maximum absolute atomic E-state index is 10.5. The number of carboxylic acids is 1. The molecule has 94 valence electrons. The van der Waals surface area contributed by atoms with Crippen LogP contribution in [-0.4, -0.2) is 24.8 Å². The number of halogens is 1. The van der Waals surface area contributed by atoms with E-state index < -0.39 is 5.97 Å². The summed E-state index contributed by atoms with van der Waals surface area (Å²) in [5.74, 6) is -0.482. The number of hydrogen-bond donors (Lipinski definition) is 1. The Morgan fingerprint density at radius 2 is 2.33 bits per heavy atom. The summed E-state index contributed by atoms with van der Waals surface area (Å²) < 4.78 is 10.3. The van der Waals surface area contributed by atoms with Gasteiger partial charge in [-0.15, -0.1) is 0 Å². The van der Waals surface area contributed by atoms with Gasteiger partial charge >= 0.3 is 5.97 Å². The molecule has 0 saturated heterocycles. The van der Waals surface area contributed by atoms with E-state index in [0.29, 0.717) is 16.3 Å². The van der Waals surface area contributed by atoms with Crippen LogP contribution in [0.2, 0.25) is 5.02 Å². The Labute approximate surface area is 109 Å². The molecular weight excluding hydrogens is 258 g/mol. The number of ether oxygens (including phenoxy) is 2. The Balaban J connectivity index is 3.23. The first-order chi connectivity index (χ1) is 8.58. The van der Waals surface area contributed by atoms with E-state index in [2.05, 4.69) is 0 Å². The molecule has 0 aliphatic heterocycles. The fraction of sp³-hybridized carbons (Fsp3) is 0.167. The van der Waals surface area contributed by atoms with Crippen molar-refractivity contribution in [1.82, 2.24) is 0 Å². The molecule has 5 nitrogen and oxygen atoms in total. The normalized spacial score (nSPS) is 10.1. The molecule has 1 rings (SSSR count). The Kier molecular flexibility index (Phi) is 5.03. The zero-order chi connectivity index (χ0) is 13.5. The van der Waals surface area contributed by atoms with Gasteiger partial charge in [0, 0.05) is 22.7 Å². The SMILES string of the molecule is COc1cc(Cl)cc(/C=C/C(=O)O)c1OCC#N. The van der Waals surface area contributed by atoms with Crippen LogP contribution in [0.15, 0.2) is 18.2 Å². The maximum Gasteiger partial charge on any atom is 0.328 e. The molecule has 0 bridgehead atoms. The number of nitrogens with zero attached hydrogens (tertiary/aromatic N) is 1. The standard InChI is InChI=1S/C12H10ClNO4/c1-17-10-7-9(13)6-8(2-3-11(15)16)12(10)18-5-4-14/h2-3,6-7H,5H2,1H3,(H,15,16)/b3-2+. The predicted molar refractivity (Wildman–Crippen MR) is 65.8 cm³/mol. The van der Waals surface area contributed by atoms with Gasteiger partial charge in [0.25, 0.3) is 0 Å². The van der Waals surface area contributed by atoms with E-state index in [1.54, 1.807) is 0 Å². The molecule has 0 heterocycles. The fourth-order valence-corrected chi connectivity index (χ4v) is 1.50. The molecule has 0 spiro atoms. The Bertz CT molecular complexity index is 520. The van der Waals surface area contributed by atoms with Crippen molar-refractivity contribution in [3.63, 3.8) is 0 Å². The summed E-state index contributed by atoms with van der Waals surface area (Å²) in [4.78, 5) is 10.5.